The second-order valence-corrected chi connectivity index (χ2v) is 4.84. The maximum atomic E-state index is 5.25. The number of ether oxygens (including phenoxy) is 2. The van der Waals surface area contributed by atoms with Gasteiger partial charge in [0.05, 0.1) is 14.2 Å². The van der Waals surface area contributed by atoms with Crippen LogP contribution in [0.4, 0.5) is 0 Å². The van der Waals surface area contributed by atoms with Crippen LogP contribution in [0, 0.1) is 0 Å². The van der Waals surface area contributed by atoms with E-state index < -0.39 is 0 Å². The molecule has 0 N–H and O–H groups in total. The highest BCUT2D eigenvalue weighted by molar-refractivity contribution is 5.63. The SMILES string of the molecule is COc1ccc(-c2nc(-c3cccc(OC)c3)nn2C)cc1. The van der Waals surface area contributed by atoms with Gasteiger partial charge in [0.15, 0.2) is 11.6 Å². The fraction of sp³-hybridized carbons (Fsp3) is 0.176. The summed E-state index contributed by atoms with van der Waals surface area (Å²) in [7, 11) is 5.18. The highest BCUT2D eigenvalue weighted by Crippen LogP contribution is 2.25. The topological polar surface area (TPSA) is 49.2 Å². The molecule has 0 spiro atoms. The molecular formula is C17H17N3O2. The lowest BCUT2D eigenvalue weighted by Crippen LogP contribution is -1.94. The largest absolute Gasteiger partial charge is 0.497 e. The Kier molecular flexibility index (Phi) is 3.78. The summed E-state index contributed by atoms with van der Waals surface area (Å²) in [5, 5.41) is 4.49. The summed E-state index contributed by atoms with van der Waals surface area (Å²) < 4.78 is 12.2. The van der Waals surface area contributed by atoms with Crippen LogP contribution in [-0.4, -0.2) is 29.0 Å². The monoisotopic (exact) mass is 295 g/mol. The summed E-state index contributed by atoms with van der Waals surface area (Å²) in [5.74, 6) is 3.09. The van der Waals surface area contributed by atoms with Crippen LogP contribution in [0.5, 0.6) is 11.5 Å². The molecule has 5 heteroatoms. The average Bonchev–Trinajstić information content (AvgIpc) is 2.97. The lowest BCUT2D eigenvalue weighted by atomic mass is 10.2. The van der Waals surface area contributed by atoms with E-state index in [9.17, 15) is 0 Å². The second kappa shape index (κ2) is 5.89. The molecule has 0 unspecified atom stereocenters. The van der Waals surface area contributed by atoms with Crippen molar-refractivity contribution in [3.8, 4) is 34.3 Å². The minimum Gasteiger partial charge on any atom is -0.497 e. The predicted molar refractivity (Wildman–Crippen MR) is 85.0 cm³/mol. The van der Waals surface area contributed by atoms with Gasteiger partial charge in [-0.05, 0) is 36.4 Å². The van der Waals surface area contributed by atoms with Crippen molar-refractivity contribution < 1.29 is 9.47 Å². The highest BCUT2D eigenvalue weighted by Gasteiger charge is 2.11. The van der Waals surface area contributed by atoms with Crippen LogP contribution >= 0.6 is 0 Å². The Morgan fingerprint density at radius 3 is 2.27 bits per heavy atom. The fourth-order valence-corrected chi connectivity index (χ4v) is 2.26. The summed E-state index contributed by atoms with van der Waals surface area (Å²) >= 11 is 0. The molecule has 3 rings (SSSR count). The van der Waals surface area contributed by atoms with E-state index in [1.807, 2.05) is 55.6 Å². The number of aromatic nitrogens is 3. The van der Waals surface area contributed by atoms with Crippen molar-refractivity contribution in [2.45, 2.75) is 0 Å². The third-order valence-corrected chi connectivity index (χ3v) is 3.44. The van der Waals surface area contributed by atoms with E-state index in [4.69, 9.17) is 9.47 Å². The first-order valence-corrected chi connectivity index (χ1v) is 6.91. The lowest BCUT2D eigenvalue weighted by Gasteiger charge is -2.02. The first kappa shape index (κ1) is 14.1. The van der Waals surface area contributed by atoms with Crippen LogP contribution in [0.1, 0.15) is 0 Å². The molecule has 0 aliphatic carbocycles. The smallest absolute Gasteiger partial charge is 0.181 e. The van der Waals surface area contributed by atoms with Gasteiger partial charge in [-0.3, -0.25) is 0 Å². The zero-order valence-electron chi connectivity index (χ0n) is 12.8. The number of nitrogens with zero attached hydrogens (tertiary/aromatic N) is 3. The van der Waals surface area contributed by atoms with Crippen LogP contribution in [0.25, 0.3) is 22.8 Å². The number of rotatable bonds is 4. The van der Waals surface area contributed by atoms with Crippen LogP contribution < -0.4 is 9.47 Å². The Hall–Kier alpha value is -2.82. The molecule has 22 heavy (non-hydrogen) atoms. The molecule has 0 saturated carbocycles. The molecule has 0 amide bonds. The van der Waals surface area contributed by atoms with Gasteiger partial charge < -0.3 is 9.47 Å². The van der Waals surface area contributed by atoms with Crippen LogP contribution in [0.3, 0.4) is 0 Å². The molecule has 3 aromatic rings. The predicted octanol–water partition coefficient (Wildman–Crippen LogP) is 3.17. The first-order valence-electron chi connectivity index (χ1n) is 6.91. The summed E-state index contributed by atoms with van der Waals surface area (Å²) in [4.78, 5) is 4.64. The van der Waals surface area contributed by atoms with Gasteiger partial charge in [0, 0.05) is 18.2 Å². The lowest BCUT2D eigenvalue weighted by molar-refractivity contribution is 0.415. The molecular weight excluding hydrogens is 278 g/mol. The van der Waals surface area contributed by atoms with E-state index in [-0.39, 0.29) is 0 Å². The van der Waals surface area contributed by atoms with Crippen molar-refractivity contribution in [1.29, 1.82) is 0 Å². The van der Waals surface area contributed by atoms with Crippen LogP contribution in [-0.2, 0) is 7.05 Å². The standard InChI is InChI=1S/C17H17N3O2/c1-20-17(12-7-9-14(21-2)10-8-12)18-16(19-20)13-5-4-6-15(11-13)22-3/h4-11H,1-3H3. The minimum atomic E-state index is 0.673. The van der Waals surface area contributed by atoms with E-state index in [0.29, 0.717) is 5.82 Å². The fourth-order valence-electron chi connectivity index (χ4n) is 2.26. The molecule has 0 fully saturated rings. The van der Waals surface area contributed by atoms with Gasteiger partial charge in [-0.15, -0.1) is 0 Å². The Balaban J connectivity index is 1.99. The molecule has 5 nitrogen and oxygen atoms in total. The van der Waals surface area contributed by atoms with Crippen molar-refractivity contribution in [3.05, 3.63) is 48.5 Å². The molecule has 1 heterocycles. The van der Waals surface area contributed by atoms with E-state index in [1.54, 1.807) is 18.9 Å². The third kappa shape index (κ3) is 2.65. The maximum absolute atomic E-state index is 5.25. The summed E-state index contributed by atoms with van der Waals surface area (Å²) in [6.45, 7) is 0. The molecule has 0 radical (unpaired) electrons. The minimum absolute atomic E-state index is 0.673. The average molecular weight is 295 g/mol. The van der Waals surface area contributed by atoms with Crippen molar-refractivity contribution in [3.63, 3.8) is 0 Å². The Labute approximate surface area is 129 Å². The van der Waals surface area contributed by atoms with Crippen LogP contribution in [0.15, 0.2) is 48.5 Å². The van der Waals surface area contributed by atoms with Crippen molar-refractivity contribution in [1.82, 2.24) is 14.8 Å². The number of benzene rings is 2. The quantitative estimate of drug-likeness (QED) is 0.742. The number of hydrogen-bond donors (Lipinski definition) is 0. The first-order chi connectivity index (χ1) is 10.7. The van der Waals surface area contributed by atoms with Crippen molar-refractivity contribution in [2.75, 3.05) is 14.2 Å². The van der Waals surface area contributed by atoms with Gasteiger partial charge >= 0.3 is 0 Å². The molecule has 1 aromatic heterocycles. The zero-order valence-corrected chi connectivity index (χ0v) is 12.8. The molecule has 0 atom stereocenters. The van der Waals surface area contributed by atoms with Crippen molar-refractivity contribution in [2.24, 2.45) is 7.05 Å². The summed E-state index contributed by atoms with van der Waals surface area (Å²) in [5.41, 5.74) is 1.92. The Morgan fingerprint density at radius 1 is 0.864 bits per heavy atom. The normalized spacial score (nSPS) is 10.5. The molecule has 0 bridgehead atoms. The molecule has 2 aromatic carbocycles. The molecule has 112 valence electrons. The summed E-state index contributed by atoms with van der Waals surface area (Å²) in [6.07, 6.45) is 0. The van der Waals surface area contributed by atoms with E-state index in [2.05, 4.69) is 10.1 Å². The Bertz CT molecular complexity index is 779. The third-order valence-electron chi connectivity index (χ3n) is 3.44. The van der Waals surface area contributed by atoms with Gasteiger partial charge in [0.1, 0.15) is 11.5 Å². The number of methoxy groups -OCH3 is 2. The van der Waals surface area contributed by atoms with Gasteiger partial charge in [-0.2, -0.15) is 5.10 Å². The number of hydrogen-bond acceptors (Lipinski definition) is 4. The number of aryl methyl sites for hydroxylation is 1. The van der Waals surface area contributed by atoms with Gasteiger partial charge in [0.2, 0.25) is 0 Å². The van der Waals surface area contributed by atoms with Gasteiger partial charge in [-0.25, -0.2) is 9.67 Å². The van der Waals surface area contributed by atoms with E-state index >= 15 is 0 Å². The van der Waals surface area contributed by atoms with Crippen molar-refractivity contribution >= 4 is 0 Å². The zero-order chi connectivity index (χ0) is 15.5. The Morgan fingerprint density at radius 2 is 1.59 bits per heavy atom. The molecule has 0 saturated heterocycles. The summed E-state index contributed by atoms with van der Waals surface area (Å²) in [6, 6.07) is 15.5. The highest BCUT2D eigenvalue weighted by atomic mass is 16.5. The second-order valence-electron chi connectivity index (χ2n) is 4.84. The van der Waals surface area contributed by atoms with E-state index in [0.717, 1.165) is 28.5 Å². The maximum Gasteiger partial charge on any atom is 0.181 e. The van der Waals surface area contributed by atoms with Gasteiger partial charge in [0.25, 0.3) is 0 Å². The molecule has 0 aliphatic rings. The van der Waals surface area contributed by atoms with Crippen LogP contribution in [0.2, 0.25) is 0 Å². The van der Waals surface area contributed by atoms with E-state index in [1.165, 1.54) is 0 Å². The van der Waals surface area contributed by atoms with Gasteiger partial charge in [-0.1, -0.05) is 12.1 Å². The molecule has 0 aliphatic heterocycles.